The Morgan fingerprint density at radius 3 is 2.87 bits per heavy atom. The molecular formula is C16H17FN4OS. The van der Waals surface area contributed by atoms with Gasteiger partial charge in [0.2, 0.25) is 0 Å². The Balaban J connectivity index is 1.47. The summed E-state index contributed by atoms with van der Waals surface area (Å²) in [5.74, 6) is 0.0892. The topological polar surface area (TPSA) is 58.1 Å². The van der Waals surface area contributed by atoms with Crippen molar-refractivity contribution in [3.8, 4) is 10.6 Å². The molecule has 0 radical (unpaired) electrons. The molecule has 2 aromatic heterocycles. The Morgan fingerprint density at radius 2 is 2.17 bits per heavy atom. The first kappa shape index (κ1) is 14.7. The van der Waals surface area contributed by atoms with E-state index in [9.17, 15) is 9.18 Å². The molecule has 2 bridgehead atoms. The summed E-state index contributed by atoms with van der Waals surface area (Å²) in [4.78, 5) is 23.8. The highest BCUT2D eigenvalue weighted by Crippen LogP contribution is 2.29. The number of carbonyl (C=O) groups excluding carboxylic acids is 1. The lowest BCUT2D eigenvalue weighted by atomic mass is 9.84. The van der Waals surface area contributed by atoms with E-state index in [0.717, 1.165) is 32.5 Å². The highest BCUT2D eigenvalue weighted by atomic mass is 32.1. The summed E-state index contributed by atoms with van der Waals surface area (Å²) in [5, 5.41) is 3.52. The van der Waals surface area contributed by atoms with Crippen molar-refractivity contribution in [3.05, 3.63) is 35.4 Å². The lowest BCUT2D eigenvalue weighted by Crippen LogP contribution is -2.57. The number of halogens is 1. The van der Waals surface area contributed by atoms with E-state index >= 15 is 0 Å². The summed E-state index contributed by atoms with van der Waals surface area (Å²) in [6.45, 7) is 3.22. The van der Waals surface area contributed by atoms with Crippen molar-refractivity contribution >= 4 is 17.2 Å². The van der Waals surface area contributed by atoms with Crippen LogP contribution >= 0.6 is 11.3 Å². The summed E-state index contributed by atoms with van der Waals surface area (Å²) in [7, 11) is 0. The van der Waals surface area contributed by atoms with Crippen LogP contribution in [0, 0.1) is 11.7 Å². The zero-order valence-corrected chi connectivity index (χ0v) is 13.4. The minimum absolute atomic E-state index is 0.142. The molecule has 1 N–H and O–H groups in total. The van der Waals surface area contributed by atoms with Crippen LogP contribution in [0.25, 0.3) is 10.6 Å². The fourth-order valence-corrected chi connectivity index (χ4v) is 4.18. The first-order valence-corrected chi connectivity index (χ1v) is 8.61. The number of nitrogens with zero attached hydrogens (tertiary/aromatic N) is 3. The van der Waals surface area contributed by atoms with Gasteiger partial charge in [0.15, 0.2) is 5.01 Å². The normalized spacial score (nSPS) is 26.2. The third kappa shape index (κ3) is 2.98. The molecule has 3 aliphatic heterocycles. The van der Waals surface area contributed by atoms with Gasteiger partial charge in [-0.15, -0.1) is 11.3 Å². The molecule has 7 heteroatoms. The second kappa shape index (κ2) is 5.98. The van der Waals surface area contributed by atoms with Gasteiger partial charge in [-0.1, -0.05) is 0 Å². The summed E-state index contributed by atoms with van der Waals surface area (Å²) >= 11 is 1.25. The molecule has 0 spiro atoms. The summed E-state index contributed by atoms with van der Waals surface area (Å²) in [6, 6.07) is 2.86. The number of nitrogens with one attached hydrogen (secondary N) is 1. The first-order valence-electron chi connectivity index (χ1n) is 7.80. The van der Waals surface area contributed by atoms with Gasteiger partial charge in [0.25, 0.3) is 5.91 Å². The molecule has 1 unspecified atom stereocenters. The number of aromatic nitrogens is 2. The number of rotatable bonds is 3. The lowest BCUT2D eigenvalue weighted by Gasteiger charge is -2.44. The van der Waals surface area contributed by atoms with Crippen molar-refractivity contribution in [2.24, 2.45) is 5.92 Å². The highest BCUT2D eigenvalue weighted by Gasteiger charge is 2.35. The van der Waals surface area contributed by atoms with E-state index < -0.39 is 0 Å². The number of carbonyl (C=O) groups is 1. The van der Waals surface area contributed by atoms with Crippen LogP contribution in [0.3, 0.4) is 0 Å². The van der Waals surface area contributed by atoms with Crippen molar-refractivity contribution in [2.75, 3.05) is 19.6 Å². The number of hydrogen-bond acceptors (Lipinski definition) is 5. The summed E-state index contributed by atoms with van der Waals surface area (Å²) < 4.78 is 13.3. The summed E-state index contributed by atoms with van der Waals surface area (Å²) in [5.41, 5.74) is 0.504. The van der Waals surface area contributed by atoms with Crippen molar-refractivity contribution in [1.82, 2.24) is 20.2 Å². The fourth-order valence-electron chi connectivity index (χ4n) is 3.40. The fraction of sp³-hybridized carbons (Fsp3) is 0.438. The van der Waals surface area contributed by atoms with Crippen LogP contribution in [-0.2, 0) is 0 Å². The van der Waals surface area contributed by atoms with Gasteiger partial charge in [0.1, 0.15) is 5.82 Å². The summed E-state index contributed by atoms with van der Waals surface area (Å²) in [6.07, 6.45) is 5.30. The monoisotopic (exact) mass is 332 g/mol. The number of amides is 1. The quantitative estimate of drug-likeness (QED) is 0.936. The molecule has 2 aromatic rings. The molecule has 5 rings (SSSR count). The van der Waals surface area contributed by atoms with E-state index in [4.69, 9.17) is 0 Å². The van der Waals surface area contributed by atoms with E-state index in [1.165, 1.54) is 29.7 Å². The average Bonchev–Trinajstić information content (AvgIpc) is 3.06. The number of pyridine rings is 1. The van der Waals surface area contributed by atoms with Gasteiger partial charge in [-0.25, -0.2) is 9.37 Å². The largest absolute Gasteiger partial charge is 0.346 e. The van der Waals surface area contributed by atoms with Crippen LogP contribution in [0.15, 0.2) is 24.5 Å². The molecular weight excluding hydrogens is 315 g/mol. The van der Waals surface area contributed by atoms with Gasteiger partial charge in [0.05, 0.1) is 10.6 Å². The molecule has 3 fully saturated rings. The number of fused-ring (bicyclic) bond motifs is 3. The molecule has 0 saturated carbocycles. The van der Waals surface area contributed by atoms with E-state index in [-0.39, 0.29) is 17.8 Å². The first-order chi connectivity index (χ1) is 11.2. The van der Waals surface area contributed by atoms with Gasteiger partial charge >= 0.3 is 0 Å². The maximum absolute atomic E-state index is 13.3. The minimum atomic E-state index is -0.346. The smallest absolute Gasteiger partial charge is 0.280 e. The molecule has 120 valence electrons. The Labute approximate surface area is 137 Å². The number of hydrogen-bond donors (Lipinski definition) is 1. The zero-order chi connectivity index (χ0) is 15.8. The molecule has 23 heavy (non-hydrogen) atoms. The zero-order valence-electron chi connectivity index (χ0n) is 12.5. The third-order valence-electron chi connectivity index (χ3n) is 4.65. The van der Waals surface area contributed by atoms with Gasteiger partial charge in [0, 0.05) is 31.0 Å². The molecule has 0 aliphatic carbocycles. The Hall–Kier alpha value is -1.86. The van der Waals surface area contributed by atoms with Crippen LogP contribution in [0.1, 0.15) is 22.6 Å². The number of thiazole rings is 1. The van der Waals surface area contributed by atoms with E-state index in [1.54, 1.807) is 6.20 Å². The molecule has 1 atom stereocenters. The second-order valence-corrected chi connectivity index (χ2v) is 7.14. The molecule has 3 saturated heterocycles. The van der Waals surface area contributed by atoms with E-state index in [1.807, 2.05) is 0 Å². The van der Waals surface area contributed by atoms with Crippen LogP contribution < -0.4 is 5.32 Å². The van der Waals surface area contributed by atoms with Gasteiger partial charge in [-0.2, -0.15) is 0 Å². The van der Waals surface area contributed by atoms with E-state index in [0.29, 0.717) is 21.5 Å². The molecule has 0 aromatic carbocycles. The Bertz CT molecular complexity index is 726. The van der Waals surface area contributed by atoms with Gasteiger partial charge in [-0.3, -0.25) is 9.78 Å². The third-order valence-corrected chi connectivity index (χ3v) is 5.67. The van der Waals surface area contributed by atoms with Crippen LogP contribution in [0.2, 0.25) is 0 Å². The molecule has 1 amide bonds. The van der Waals surface area contributed by atoms with Crippen molar-refractivity contribution in [3.63, 3.8) is 0 Å². The molecule has 3 aliphatic rings. The van der Waals surface area contributed by atoms with Crippen molar-refractivity contribution in [2.45, 2.75) is 18.9 Å². The van der Waals surface area contributed by atoms with Crippen LogP contribution in [0.5, 0.6) is 0 Å². The standard InChI is InChI=1S/C16H17FN4OS/c17-11-1-4-18-12(7-11)14-8-19-16(23-14)15(22)20-13-9-21-5-2-10(13)3-6-21/h1,4,7-8,10,13H,2-3,5-6,9H2,(H,20,22). The highest BCUT2D eigenvalue weighted by molar-refractivity contribution is 7.16. The maximum Gasteiger partial charge on any atom is 0.280 e. The lowest BCUT2D eigenvalue weighted by molar-refractivity contribution is 0.0620. The van der Waals surface area contributed by atoms with Crippen LogP contribution in [0.4, 0.5) is 4.39 Å². The predicted molar refractivity (Wildman–Crippen MR) is 85.7 cm³/mol. The second-order valence-electron chi connectivity index (χ2n) is 6.11. The predicted octanol–water partition coefficient (Wildman–Crippen LogP) is 2.17. The number of piperidine rings is 3. The Morgan fingerprint density at radius 1 is 1.35 bits per heavy atom. The van der Waals surface area contributed by atoms with Crippen LogP contribution in [-0.4, -0.2) is 46.5 Å². The SMILES string of the molecule is O=C(NC1CN2CCC1CC2)c1ncc(-c2cc(F)ccn2)s1. The maximum atomic E-state index is 13.3. The average molecular weight is 332 g/mol. The van der Waals surface area contributed by atoms with Gasteiger partial charge < -0.3 is 10.2 Å². The Kier molecular flexibility index (Phi) is 3.82. The van der Waals surface area contributed by atoms with E-state index in [2.05, 4.69) is 20.2 Å². The molecule has 5 nitrogen and oxygen atoms in total. The van der Waals surface area contributed by atoms with Crippen molar-refractivity contribution < 1.29 is 9.18 Å². The van der Waals surface area contributed by atoms with Gasteiger partial charge in [-0.05, 0) is 37.9 Å². The molecule has 5 heterocycles. The minimum Gasteiger partial charge on any atom is -0.346 e. The van der Waals surface area contributed by atoms with Crippen molar-refractivity contribution in [1.29, 1.82) is 0 Å².